The molecule has 1 atom stereocenters. The summed E-state index contributed by atoms with van der Waals surface area (Å²) < 4.78 is 7.27. The van der Waals surface area contributed by atoms with E-state index in [2.05, 4.69) is 27.0 Å². The van der Waals surface area contributed by atoms with E-state index < -0.39 is 0 Å². The first-order valence-corrected chi connectivity index (χ1v) is 9.77. The Kier molecular flexibility index (Phi) is 4.65. The summed E-state index contributed by atoms with van der Waals surface area (Å²) in [7, 11) is 1.67. The van der Waals surface area contributed by atoms with Crippen LogP contribution >= 0.6 is 0 Å². The molecule has 0 bridgehead atoms. The molecular weight excluding hydrogens is 364 g/mol. The molecular formula is C22H22N6O. The van der Waals surface area contributed by atoms with Crippen molar-refractivity contribution < 1.29 is 4.74 Å². The first-order valence-electron chi connectivity index (χ1n) is 9.77. The first kappa shape index (κ1) is 17.8. The molecule has 1 aliphatic rings. The number of fused-ring (bicyclic) bond motifs is 1. The molecule has 5 rings (SSSR count). The predicted octanol–water partition coefficient (Wildman–Crippen LogP) is 3.18. The van der Waals surface area contributed by atoms with E-state index >= 15 is 0 Å². The predicted molar refractivity (Wildman–Crippen MR) is 110 cm³/mol. The summed E-state index contributed by atoms with van der Waals surface area (Å²) in [6.45, 7) is 2.78. The van der Waals surface area contributed by atoms with Crippen molar-refractivity contribution in [2.75, 3.05) is 20.2 Å². The topological polar surface area (TPSA) is 68.4 Å². The van der Waals surface area contributed by atoms with Crippen LogP contribution in [0.2, 0.25) is 0 Å². The lowest BCUT2D eigenvalue weighted by Gasteiger charge is -2.16. The van der Waals surface area contributed by atoms with Crippen LogP contribution in [0.3, 0.4) is 0 Å². The van der Waals surface area contributed by atoms with Crippen LogP contribution < -0.4 is 4.74 Å². The van der Waals surface area contributed by atoms with Gasteiger partial charge < -0.3 is 4.74 Å². The number of aromatic nitrogens is 5. The van der Waals surface area contributed by atoms with Gasteiger partial charge >= 0.3 is 0 Å². The maximum Gasteiger partial charge on any atom is 0.217 e. The third-order valence-corrected chi connectivity index (χ3v) is 5.44. The molecule has 1 fully saturated rings. The number of rotatable bonds is 5. The van der Waals surface area contributed by atoms with Gasteiger partial charge in [0.25, 0.3) is 0 Å². The Bertz CT molecular complexity index is 1130. The van der Waals surface area contributed by atoms with Crippen molar-refractivity contribution in [1.82, 2.24) is 29.5 Å². The molecule has 146 valence electrons. The monoisotopic (exact) mass is 386 g/mol. The fourth-order valence-corrected chi connectivity index (χ4v) is 3.94. The smallest absolute Gasteiger partial charge is 0.217 e. The van der Waals surface area contributed by atoms with Gasteiger partial charge in [0.2, 0.25) is 5.88 Å². The van der Waals surface area contributed by atoms with Gasteiger partial charge in [0.15, 0.2) is 11.5 Å². The summed E-state index contributed by atoms with van der Waals surface area (Å²) in [5.41, 5.74) is 4.22. The number of nitrogens with zero attached hydrogens (tertiary/aromatic N) is 6. The molecule has 0 amide bonds. The Balaban J connectivity index is 1.33. The molecule has 5 heterocycles. The van der Waals surface area contributed by atoms with Crippen molar-refractivity contribution in [3.8, 4) is 17.0 Å². The van der Waals surface area contributed by atoms with Crippen LogP contribution in [0.1, 0.15) is 23.7 Å². The van der Waals surface area contributed by atoms with Crippen LogP contribution in [0.15, 0.2) is 61.2 Å². The molecule has 0 saturated carbocycles. The summed E-state index contributed by atoms with van der Waals surface area (Å²) in [6, 6.07) is 12.1. The van der Waals surface area contributed by atoms with Gasteiger partial charge in [-0.15, -0.1) is 0 Å². The molecule has 4 aromatic rings. The lowest BCUT2D eigenvalue weighted by atomic mass is 10.1. The average molecular weight is 386 g/mol. The Morgan fingerprint density at radius 1 is 1.07 bits per heavy atom. The van der Waals surface area contributed by atoms with E-state index in [9.17, 15) is 0 Å². The second-order valence-electron chi connectivity index (χ2n) is 7.32. The highest BCUT2D eigenvalue weighted by Gasteiger charge is 2.27. The van der Waals surface area contributed by atoms with Crippen LogP contribution in [-0.2, 0) is 6.54 Å². The van der Waals surface area contributed by atoms with E-state index in [-0.39, 0.29) is 0 Å². The highest BCUT2D eigenvalue weighted by Crippen LogP contribution is 2.28. The van der Waals surface area contributed by atoms with Crippen LogP contribution in [-0.4, -0.2) is 49.7 Å². The first-order chi connectivity index (χ1) is 14.3. The van der Waals surface area contributed by atoms with E-state index in [1.807, 2.05) is 35.0 Å². The second-order valence-corrected chi connectivity index (χ2v) is 7.32. The third kappa shape index (κ3) is 3.56. The van der Waals surface area contributed by atoms with E-state index in [1.54, 1.807) is 25.7 Å². The minimum absolute atomic E-state index is 0.335. The zero-order chi connectivity index (χ0) is 19.6. The SMILES string of the molecule is COc1ncccc1CN1CCC(c2nc3ccc(-c4ccncc4)cn3n2)C1. The number of hydrogen-bond donors (Lipinski definition) is 0. The summed E-state index contributed by atoms with van der Waals surface area (Å²) in [6.07, 6.45) is 8.45. The summed E-state index contributed by atoms with van der Waals surface area (Å²) >= 11 is 0. The van der Waals surface area contributed by atoms with E-state index in [0.717, 1.165) is 54.2 Å². The van der Waals surface area contributed by atoms with Gasteiger partial charge in [-0.1, -0.05) is 6.07 Å². The third-order valence-electron chi connectivity index (χ3n) is 5.44. The van der Waals surface area contributed by atoms with Crippen LogP contribution in [0, 0.1) is 0 Å². The lowest BCUT2D eigenvalue weighted by molar-refractivity contribution is 0.313. The number of methoxy groups -OCH3 is 1. The highest BCUT2D eigenvalue weighted by atomic mass is 16.5. The summed E-state index contributed by atoms with van der Waals surface area (Å²) in [4.78, 5) is 15.6. The fourth-order valence-electron chi connectivity index (χ4n) is 3.94. The molecule has 1 saturated heterocycles. The molecule has 7 heteroatoms. The average Bonchev–Trinajstić information content (AvgIpc) is 3.41. The van der Waals surface area contributed by atoms with Gasteiger partial charge in [-0.2, -0.15) is 5.10 Å². The standard InChI is InChI=1S/C22H22N6O/c1-29-22-19(3-2-9-24-22)14-27-12-8-18(13-27)21-25-20-5-4-17(15-28(20)26-21)16-6-10-23-11-7-16/h2-7,9-11,15,18H,8,12-14H2,1H3. The minimum Gasteiger partial charge on any atom is -0.481 e. The van der Waals surface area contributed by atoms with Gasteiger partial charge in [-0.3, -0.25) is 9.88 Å². The molecule has 29 heavy (non-hydrogen) atoms. The molecule has 0 aliphatic carbocycles. The number of ether oxygens (including phenoxy) is 1. The molecule has 0 N–H and O–H groups in total. The molecule has 1 unspecified atom stereocenters. The Hall–Kier alpha value is -3.32. The van der Waals surface area contributed by atoms with Crippen molar-refractivity contribution in [3.05, 3.63) is 72.6 Å². The number of hydrogen-bond acceptors (Lipinski definition) is 6. The zero-order valence-corrected chi connectivity index (χ0v) is 16.3. The zero-order valence-electron chi connectivity index (χ0n) is 16.3. The van der Waals surface area contributed by atoms with Gasteiger partial charge in [-0.25, -0.2) is 14.5 Å². The number of pyridine rings is 3. The Labute approximate surface area is 169 Å². The summed E-state index contributed by atoms with van der Waals surface area (Å²) in [5, 5.41) is 4.78. The van der Waals surface area contributed by atoms with Gasteiger partial charge in [0.1, 0.15) is 0 Å². The molecule has 7 nitrogen and oxygen atoms in total. The minimum atomic E-state index is 0.335. The lowest BCUT2D eigenvalue weighted by Crippen LogP contribution is -2.20. The molecule has 0 aromatic carbocycles. The van der Waals surface area contributed by atoms with E-state index in [0.29, 0.717) is 11.8 Å². The normalized spacial score (nSPS) is 17.1. The Morgan fingerprint density at radius 3 is 2.83 bits per heavy atom. The molecule has 0 radical (unpaired) electrons. The molecule has 1 aliphatic heterocycles. The largest absolute Gasteiger partial charge is 0.481 e. The van der Waals surface area contributed by atoms with Crippen molar-refractivity contribution in [2.24, 2.45) is 0 Å². The van der Waals surface area contributed by atoms with Crippen molar-refractivity contribution in [3.63, 3.8) is 0 Å². The Morgan fingerprint density at radius 2 is 1.97 bits per heavy atom. The number of likely N-dealkylation sites (tertiary alicyclic amines) is 1. The molecule has 4 aromatic heterocycles. The van der Waals surface area contributed by atoms with Crippen molar-refractivity contribution in [2.45, 2.75) is 18.9 Å². The van der Waals surface area contributed by atoms with Crippen LogP contribution in [0.25, 0.3) is 16.8 Å². The van der Waals surface area contributed by atoms with Gasteiger partial charge in [0.05, 0.1) is 7.11 Å². The van der Waals surface area contributed by atoms with E-state index in [1.165, 1.54) is 0 Å². The van der Waals surface area contributed by atoms with Crippen molar-refractivity contribution in [1.29, 1.82) is 0 Å². The van der Waals surface area contributed by atoms with Crippen molar-refractivity contribution >= 4 is 5.65 Å². The summed E-state index contributed by atoms with van der Waals surface area (Å²) in [5.74, 6) is 1.95. The molecule has 0 spiro atoms. The van der Waals surface area contributed by atoms with Crippen LogP contribution in [0.4, 0.5) is 0 Å². The van der Waals surface area contributed by atoms with Crippen LogP contribution in [0.5, 0.6) is 5.88 Å². The van der Waals surface area contributed by atoms with Gasteiger partial charge in [0, 0.05) is 54.9 Å². The van der Waals surface area contributed by atoms with E-state index in [4.69, 9.17) is 14.8 Å². The maximum absolute atomic E-state index is 5.38. The fraction of sp³-hybridized carbons (Fsp3) is 0.273. The maximum atomic E-state index is 5.38. The second kappa shape index (κ2) is 7.60. The van der Waals surface area contributed by atoms with Gasteiger partial charge in [-0.05, 0) is 48.9 Å². The highest BCUT2D eigenvalue weighted by molar-refractivity contribution is 5.63. The quantitative estimate of drug-likeness (QED) is 0.525.